The fourth-order valence-corrected chi connectivity index (χ4v) is 1.65. The summed E-state index contributed by atoms with van der Waals surface area (Å²) in [7, 11) is 0. The van der Waals surface area contributed by atoms with Crippen LogP contribution in [0.4, 0.5) is 13.2 Å². The molecule has 0 saturated heterocycles. The molecule has 3 nitrogen and oxygen atoms in total. The number of nitrogens with zero attached hydrogens (tertiary/aromatic N) is 1. The maximum atomic E-state index is 12.1. The van der Waals surface area contributed by atoms with Gasteiger partial charge in [-0.3, -0.25) is 9.78 Å². The summed E-state index contributed by atoms with van der Waals surface area (Å²) >= 11 is 0. The van der Waals surface area contributed by atoms with Crippen LogP contribution in [0.3, 0.4) is 0 Å². The molecule has 1 aromatic carbocycles. The number of alkyl halides is 3. The van der Waals surface area contributed by atoms with Crippen molar-refractivity contribution in [3.05, 3.63) is 59.9 Å². The van der Waals surface area contributed by atoms with Crippen molar-refractivity contribution in [1.82, 2.24) is 4.98 Å². The maximum absolute atomic E-state index is 12.1. The fraction of sp³-hybridized carbons (Fsp3) is 0.143. The summed E-state index contributed by atoms with van der Waals surface area (Å²) in [4.78, 5) is 15.8. The number of halogens is 3. The molecule has 0 atom stereocenters. The third-order valence-corrected chi connectivity index (χ3v) is 2.50. The lowest BCUT2D eigenvalue weighted by Crippen LogP contribution is -2.17. The van der Waals surface area contributed by atoms with Crippen LogP contribution in [-0.2, 0) is 6.42 Å². The van der Waals surface area contributed by atoms with Crippen LogP contribution < -0.4 is 4.74 Å². The lowest BCUT2D eigenvalue weighted by molar-refractivity contribution is -0.274. The summed E-state index contributed by atoms with van der Waals surface area (Å²) < 4.78 is 40.1. The third-order valence-electron chi connectivity index (χ3n) is 2.50. The molecular weight excluding hydrogens is 271 g/mol. The molecule has 0 bridgehead atoms. The van der Waals surface area contributed by atoms with Crippen LogP contribution in [0.25, 0.3) is 0 Å². The van der Waals surface area contributed by atoms with Crippen LogP contribution in [0.1, 0.15) is 15.9 Å². The van der Waals surface area contributed by atoms with Crippen molar-refractivity contribution >= 4 is 5.78 Å². The Hall–Kier alpha value is -2.37. The second-order valence-corrected chi connectivity index (χ2v) is 4.03. The molecule has 0 spiro atoms. The van der Waals surface area contributed by atoms with Crippen molar-refractivity contribution in [2.75, 3.05) is 0 Å². The minimum Gasteiger partial charge on any atom is -0.406 e. The Morgan fingerprint density at radius 1 is 1.15 bits per heavy atom. The average Bonchev–Trinajstić information content (AvgIpc) is 2.38. The highest BCUT2D eigenvalue weighted by molar-refractivity contribution is 5.97. The number of Topliss-reactive ketones (excluding diaryl/α,β-unsaturated/α-hetero) is 1. The van der Waals surface area contributed by atoms with Crippen LogP contribution in [0.15, 0.2) is 48.8 Å². The molecule has 1 heterocycles. The molecule has 0 unspecified atom stereocenters. The van der Waals surface area contributed by atoms with E-state index in [-0.39, 0.29) is 17.8 Å². The first-order valence-electron chi connectivity index (χ1n) is 5.72. The smallest absolute Gasteiger partial charge is 0.406 e. The Balaban J connectivity index is 2.12. The van der Waals surface area contributed by atoms with E-state index < -0.39 is 12.1 Å². The summed E-state index contributed by atoms with van der Waals surface area (Å²) in [6, 6.07) is 8.38. The van der Waals surface area contributed by atoms with Crippen molar-refractivity contribution in [1.29, 1.82) is 0 Å². The molecule has 1 aromatic heterocycles. The molecule has 20 heavy (non-hydrogen) atoms. The topological polar surface area (TPSA) is 39.2 Å². The zero-order valence-corrected chi connectivity index (χ0v) is 10.2. The fourth-order valence-electron chi connectivity index (χ4n) is 1.65. The molecule has 0 radical (unpaired) electrons. The van der Waals surface area contributed by atoms with Gasteiger partial charge in [-0.25, -0.2) is 0 Å². The lowest BCUT2D eigenvalue weighted by Gasteiger charge is -2.09. The SMILES string of the molecule is O=C(Cc1ccncc1)c1cccc(OC(F)(F)F)c1. The first kappa shape index (κ1) is 14.0. The number of ether oxygens (including phenoxy) is 1. The molecule has 2 rings (SSSR count). The number of carbonyl (C=O) groups is 1. The number of hydrogen-bond donors (Lipinski definition) is 0. The van der Waals surface area contributed by atoms with E-state index in [1.807, 2.05) is 0 Å². The van der Waals surface area contributed by atoms with E-state index in [2.05, 4.69) is 9.72 Å². The Labute approximate surface area is 113 Å². The predicted octanol–water partition coefficient (Wildman–Crippen LogP) is 3.41. The summed E-state index contributed by atoms with van der Waals surface area (Å²) in [6.07, 6.45) is -1.58. The minimum atomic E-state index is -4.77. The molecular formula is C14H10F3NO2. The number of carbonyl (C=O) groups excluding carboxylic acids is 1. The highest BCUT2D eigenvalue weighted by Gasteiger charge is 2.31. The molecule has 104 valence electrons. The van der Waals surface area contributed by atoms with Crippen molar-refractivity contribution in [2.45, 2.75) is 12.8 Å². The first-order chi connectivity index (χ1) is 9.44. The molecule has 0 aliphatic carbocycles. The van der Waals surface area contributed by atoms with Crippen molar-refractivity contribution in [3.8, 4) is 5.75 Å². The number of hydrogen-bond acceptors (Lipinski definition) is 3. The predicted molar refractivity (Wildman–Crippen MR) is 65.4 cm³/mol. The van der Waals surface area contributed by atoms with E-state index in [1.54, 1.807) is 24.5 Å². The molecule has 2 aromatic rings. The quantitative estimate of drug-likeness (QED) is 0.806. The van der Waals surface area contributed by atoms with Gasteiger partial charge in [-0.05, 0) is 29.8 Å². The summed E-state index contributed by atoms with van der Waals surface area (Å²) in [5.41, 5.74) is 0.913. The van der Waals surface area contributed by atoms with Gasteiger partial charge in [-0.2, -0.15) is 0 Å². The van der Waals surface area contributed by atoms with Crippen LogP contribution in [0, 0.1) is 0 Å². The Bertz CT molecular complexity index is 597. The van der Waals surface area contributed by atoms with E-state index in [1.165, 1.54) is 12.1 Å². The Morgan fingerprint density at radius 3 is 2.50 bits per heavy atom. The molecule has 6 heteroatoms. The number of benzene rings is 1. The standard InChI is InChI=1S/C14H10F3NO2/c15-14(16,17)20-12-3-1-2-11(9-12)13(19)8-10-4-6-18-7-5-10/h1-7,9H,8H2. The number of ketones is 1. The van der Waals surface area contributed by atoms with Gasteiger partial charge in [-0.15, -0.1) is 13.2 Å². The summed E-state index contributed by atoms with van der Waals surface area (Å²) in [6.45, 7) is 0. The average molecular weight is 281 g/mol. The van der Waals surface area contributed by atoms with Gasteiger partial charge in [0.1, 0.15) is 5.75 Å². The highest BCUT2D eigenvalue weighted by atomic mass is 19.4. The number of rotatable bonds is 4. The van der Waals surface area contributed by atoms with Crippen LogP contribution in [-0.4, -0.2) is 17.1 Å². The van der Waals surface area contributed by atoms with E-state index >= 15 is 0 Å². The molecule has 0 amide bonds. The maximum Gasteiger partial charge on any atom is 0.573 e. The molecule has 0 aliphatic heterocycles. The van der Waals surface area contributed by atoms with E-state index in [0.29, 0.717) is 0 Å². The lowest BCUT2D eigenvalue weighted by atomic mass is 10.0. The van der Waals surface area contributed by atoms with Crippen LogP contribution in [0.2, 0.25) is 0 Å². The number of aromatic nitrogens is 1. The first-order valence-corrected chi connectivity index (χ1v) is 5.72. The van der Waals surface area contributed by atoms with Gasteiger partial charge in [-0.1, -0.05) is 12.1 Å². The molecule has 0 fully saturated rings. The van der Waals surface area contributed by atoms with Crippen molar-refractivity contribution in [3.63, 3.8) is 0 Å². The van der Waals surface area contributed by atoms with Gasteiger partial charge in [0.2, 0.25) is 0 Å². The van der Waals surface area contributed by atoms with Gasteiger partial charge in [0.05, 0.1) is 0 Å². The minimum absolute atomic E-state index is 0.0952. The zero-order valence-electron chi connectivity index (χ0n) is 10.2. The van der Waals surface area contributed by atoms with Gasteiger partial charge in [0, 0.05) is 24.4 Å². The monoisotopic (exact) mass is 281 g/mol. The third kappa shape index (κ3) is 4.08. The van der Waals surface area contributed by atoms with E-state index in [4.69, 9.17) is 0 Å². The second kappa shape index (κ2) is 5.73. The van der Waals surface area contributed by atoms with Gasteiger partial charge in [0.25, 0.3) is 0 Å². The highest BCUT2D eigenvalue weighted by Crippen LogP contribution is 2.23. The number of pyridine rings is 1. The largest absolute Gasteiger partial charge is 0.573 e. The normalized spacial score (nSPS) is 11.2. The van der Waals surface area contributed by atoms with Gasteiger partial charge in [0.15, 0.2) is 5.78 Å². The van der Waals surface area contributed by atoms with Crippen LogP contribution >= 0.6 is 0 Å². The van der Waals surface area contributed by atoms with E-state index in [0.717, 1.165) is 17.7 Å². The summed E-state index contributed by atoms with van der Waals surface area (Å²) in [5, 5.41) is 0. The molecule has 0 aliphatic rings. The van der Waals surface area contributed by atoms with Crippen LogP contribution in [0.5, 0.6) is 5.75 Å². The van der Waals surface area contributed by atoms with Gasteiger partial charge < -0.3 is 4.74 Å². The second-order valence-electron chi connectivity index (χ2n) is 4.03. The summed E-state index contributed by atoms with van der Waals surface area (Å²) in [5.74, 6) is -0.693. The molecule has 0 saturated carbocycles. The Morgan fingerprint density at radius 2 is 1.85 bits per heavy atom. The van der Waals surface area contributed by atoms with Gasteiger partial charge >= 0.3 is 6.36 Å². The Kier molecular flexibility index (Phi) is 4.02. The molecule has 0 N–H and O–H groups in total. The van der Waals surface area contributed by atoms with E-state index in [9.17, 15) is 18.0 Å². The zero-order chi connectivity index (χ0) is 14.6. The van der Waals surface area contributed by atoms with Crippen molar-refractivity contribution < 1.29 is 22.7 Å². The van der Waals surface area contributed by atoms with Crippen molar-refractivity contribution in [2.24, 2.45) is 0 Å².